The third kappa shape index (κ3) is 2.42. The lowest BCUT2D eigenvalue weighted by atomic mass is 10.1. The summed E-state index contributed by atoms with van der Waals surface area (Å²) < 4.78 is 0. The molecule has 4 nitrogen and oxygen atoms in total. The van der Waals surface area contributed by atoms with E-state index in [4.69, 9.17) is 5.11 Å². The average Bonchev–Trinajstić information content (AvgIpc) is 2.04. The zero-order chi connectivity index (χ0) is 10.0. The normalized spacial score (nSPS) is 26.6. The molecule has 0 amide bonds. The molecule has 1 heterocycles. The summed E-state index contributed by atoms with van der Waals surface area (Å²) in [7, 11) is 1.87. The maximum Gasteiger partial charge on any atom is 0.322 e. The van der Waals surface area contributed by atoms with Gasteiger partial charge in [0.05, 0.1) is 0 Å². The number of likely N-dealkylation sites (N-methyl/N-ethyl adjacent to an activating group) is 1. The maximum atomic E-state index is 10.9. The molecule has 0 saturated carbocycles. The first-order valence-corrected chi connectivity index (χ1v) is 4.69. The van der Waals surface area contributed by atoms with E-state index in [0.717, 1.165) is 13.1 Å². The Kier molecular flexibility index (Phi) is 3.27. The van der Waals surface area contributed by atoms with Gasteiger partial charge in [-0.3, -0.25) is 14.6 Å². The van der Waals surface area contributed by atoms with Gasteiger partial charge in [-0.25, -0.2) is 0 Å². The van der Waals surface area contributed by atoms with Gasteiger partial charge in [-0.15, -0.1) is 0 Å². The van der Waals surface area contributed by atoms with Crippen molar-refractivity contribution < 1.29 is 9.90 Å². The Hall–Kier alpha value is -0.610. The van der Waals surface area contributed by atoms with E-state index < -0.39 is 5.97 Å². The quantitative estimate of drug-likeness (QED) is 0.664. The van der Waals surface area contributed by atoms with Crippen LogP contribution < -0.4 is 0 Å². The Morgan fingerprint density at radius 2 is 2.08 bits per heavy atom. The molecule has 0 spiro atoms. The molecule has 4 heteroatoms. The van der Waals surface area contributed by atoms with Crippen LogP contribution in [0.3, 0.4) is 0 Å². The van der Waals surface area contributed by atoms with E-state index in [1.54, 1.807) is 0 Å². The van der Waals surface area contributed by atoms with Crippen molar-refractivity contribution in [2.75, 3.05) is 26.7 Å². The Morgan fingerprint density at radius 1 is 1.46 bits per heavy atom. The number of piperazine rings is 1. The van der Waals surface area contributed by atoms with Gasteiger partial charge in [-0.2, -0.15) is 0 Å². The molecule has 1 atom stereocenters. The highest BCUT2D eigenvalue weighted by Gasteiger charge is 2.30. The first-order valence-electron chi connectivity index (χ1n) is 4.69. The lowest BCUT2D eigenvalue weighted by molar-refractivity contribution is -0.145. The van der Waals surface area contributed by atoms with Gasteiger partial charge in [0.15, 0.2) is 0 Å². The summed E-state index contributed by atoms with van der Waals surface area (Å²) in [4.78, 5) is 15.0. The number of rotatable bonds is 2. The first-order chi connectivity index (χ1) is 6.02. The average molecular weight is 186 g/mol. The molecule has 0 aromatic heterocycles. The van der Waals surface area contributed by atoms with Crippen molar-refractivity contribution in [3.05, 3.63) is 0 Å². The molecule has 0 aromatic carbocycles. The number of hydrogen-bond acceptors (Lipinski definition) is 3. The van der Waals surface area contributed by atoms with Crippen LogP contribution in [0.1, 0.15) is 13.8 Å². The van der Waals surface area contributed by atoms with E-state index >= 15 is 0 Å². The first kappa shape index (κ1) is 10.5. The lowest BCUT2D eigenvalue weighted by Gasteiger charge is -2.39. The summed E-state index contributed by atoms with van der Waals surface area (Å²) in [6.45, 7) is 6.66. The number of aliphatic carboxylic acids is 1. The molecule has 1 fully saturated rings. The van der Waals surface area contributed by atoms with Crippen LogP contribution in [0.5, 0.6) is 0 Å². The van der Waals surface area contributed by atoms with Gasteiger partial charge in [0.2, 0.25) is 0 Å². The molecule has 0 aliphatic carbocycles. The summed E-state index contributed by atoms with van der Waals surface area (Å²) in [5, 5.41) is 8.94. The molecule has 0 aromatic rings. The fraction of sp³-hybridized carbons (Fsp3) is 0.889. The molecular formula is C9H18N2O2. The zero-order valence-corrected chi connectivity index (χ0v) is 8.53. The molecule has 0 unspecified atom stereocenters. The molecular weight excluding hydrogens is 168 g/mol. The van der Waals surface area contributed by atoms with Crippen LogP contribution in [0, 0.1) is 0 Å². The fourth-order valence-electron chi connectivity index (χ4n) is 1.63. The summed E-state index contributed by atoms with van der Waals surface area (Å²) in [5.74, 6) is -0.715. The molecule has 1 aliphatic rings. The van der Waals surface area contributed by atoms with Crippen molar-refractivity contribution >= 4 is 5.97 Å². The molecule has 1 N–H and O–H groups in total. The maximum absolute atomic E-state index is 10.9. The smallest absolute Gasteiger partial charge is 0.322 e. The summed E-state index contributed by atoms with van der Waals surface area (Å²) in [6, 6.07) is 0.103. The van der Waals surface area contributed by atoms with E-state index in [1.807, 2.05) is 11.9 Å². The Balaban J connectivity index is 2.58. The molecule has 0 bridgehead atoms. The van der Waals surface area contributed by atoms with Crippen molar-refractivity contribution in [1.82, 2.24) is 9.80 Å². The van der Waals surface area contributed by atoms with Crippen molar-refractivity contribution in [3.63, 3.8) is 0 Å². The second-order valence-electron chi connectivity index (χ2n) is 3.92. The van der Waals surface area contributed by atoms with Gasteiger partial charge in [-0.1, -0.05) is 0 Å². The molecule has 1 aliphatic heterocycles. The van der Waals surface area contributed by atoms with E-state index in [9.17, 15) is 4.79 Å². The Bertz CT molecular complexity index is 194. The second-order valence-corrected chi connectivity index (χ2v) is 3.92. The third-order valence-corrected chi connectivity index (χ3v) is 2.69. The summed E-state index contributed by atoms with van der Waals surface area (Å²) in [6.07, 6.45) is 0. The number of carboxylic acid groups (broad SMARTS) is 1. The van der Waals surface area contributed by atoms with Crippen LogP contribution in [-0.4, -0.2) is 59.6 Å². The third-order valence-electron chi connectivity index (χ3n) is 2.69. The number of nitrogens with zero attached hydrogens (tertiary/aromatic N) is 2. The van der Waals surface area contributed by atoms with Crippen molar-refractivity contribution in [2.45, 2.75) is 25.9 Å². The van der Waals surface area contributed by atoms with Crippen LogP contribution in [0.2, 0.25) is 0 Å². The highest BCUT2D eigenvalue weighted by atomic mass is 16.4. The molecule has 1 rings (SSSR count). The predicted molar refractivity (Wildman–Crippen MR) is 50.8 cm³/mol. The number of carbonyl (C=O) groups is 1. The van der Waals surface area contributed by atoms with Crippen LogP contribution >= 0.6 is 0 Å². The van der Waals surface area contributed by atoms with Gasteiger partial charge >= 0.3 is 5.97 Å². The predicted octanol–water partition coefficient (Wildman–Crippen LogP) is 0.0954. The van der Waals surface area contributed by atoms with Gasteiger partial charge < -0.3 is 5.11 Å². The topological polar surface area (TPSA) is 43.8 Å². The zero-order valence-electron chi connectivity index (χ0n) is 8.53. The van der Waals surface area contributed by atoms with Crippen molar-refractivity contribution in [3.8, 4) is 0 Å². The SMILES string of the molecule is CC(C)N1CCN(C)[C@@H](C(=O)O)C1. The van der Waals surface area contributed by atoms with Crippen LogP contribution in [0.4, 0.5) is 0 Å². The molecule has 0 radical (unpaired) electrons. The number of carboxylic acids is 1. The Labute approximate surface area is 79.1 Å². The van der Waals surface area contributed by atoms with Crippen LogP contribution in [0.15, 0.2) is 0 Å². The Morgan fingerprint density at radius 3 is 2.54 bits per heavy atom. The van der Waals surface area contributed by atoms with Gasteiger partial charge in [0, 0.05) is 25.7 Å². The van der Waals surface area contributed by atoms with Crippen molar-refractivity contribution in [2.24, 2.45) is 0 Å². The van der Waals surface area contributed by atoms with Gasteiger partial charge in [0.1, 0.15) is 6.04 Å². The molecule has 1 saturated heterocycles. The van der Waals surface area contributed by atoms with E-state index in [0.29, 0.717) is 12.6 Å². The number of hydrogen-bond donors (Lipinski definition) is 1. The van der Waals surface area contributed by atoms with Crippen LogP contribution in [-0.2, 0) is 4.79 Å². The van der Waals surface area contributed by atoms with E-state index in [2.05, 4.69) is 18.7 Å². The summed E-state index contributed by atoms with van der Waals surface area (Å²) >= 11 is 0. The fourth-order valence-corrected chi connectivity index (χ4v) is 1.63. The van der Waals surface area contributed by atoms with E-state index in [1.165, 1.54) is 0 Å². The van der Waals surface area contributed by atoms with E-state index in [-0.39, 0.29) is 6.04 Å². The monoisotopic (exact) mass is 186 g/mol. The lowest BCUT2D eigenvalue weighted by Crippen LogP contribution is -2.56. The van der Waals surface area contributed by atoms with Crippen molar-refractivity contribution in [1.29, 1.82) is 0 Å². The highest BCUT2D eigenvalue weighted by Crippen LogP contribution is 2.10. The van der Waals surface area contributed by atoms with Gasteiger partial charge in [0.25, 0.3) is 0 Å². The standard InChI is InChI=1S/C9H18N2O2/c1-7(2)11-5-4-10(3)8(6-11)9(12)13/h7-8H,4-6H2,1-3H3,(H,12,13)/t8-/m1/s1. The minimum atomic E-state index is -0.715. The second kappa shape index (κ2) is 4.07. The van der Waals surface area contributed by atoms with Crippen LogP contribution in [0.25, 0.3) is 0 Å². The molecule has 13 heavy (non-hydrogen) atoms. The highest BCUT2D eigenvalue weighted by molar-refractivity contribution is 5.73. The minimum Gasteiger partial charge on any atom is -0.480 e. The largest absolute Gasteiger partial charge is 0.480 e. The minimum absolute atomic E-state index is 0.337. The summed E-state index contributed by atoms with van der Waals surface area (Å²) in [5.41, 5.74) is 0. The van der Waals surface area contributed by atoms with Gasteiger partial charge in [-0.05, 0) is 20.9 Å². The molecule has 76 valence electrons.